The first-order chi connectivity index (χ1) is 28.3. The third kappa shape index (κ3) is 29.6. The van der Waals surface area contributed by atoms with Gasteiger partial charge in [-0.25, -0.2) is 0 Å². The van der Waals surface area contributed by atoms with Gasteiger partial charge in [-0.15, -0.1) is 0 Å². The maximum Gasteiger partial charge on any atom is 0.306 e. The van der Waals surface area contributed by atoms with Gasteiger partial charge < -0.3 is 39.4 Å². The van der Waals surface area contributed by atoms with Crippen LogP contribution in [-0.2, 0) is 28.5 Å². The molecule has 0 amide bonds. The lowest BCUT2D eigenvalue weighted by molar-refractivity contribution is -0.305. The van der Waals surface area contributed by atoms with E-state index in [1.54, 1.807) is 0 Å². The second kappa shape index (κ2) is 38.6. The summed E-state index contributed by atoms with van der Waals surface area (Å²) in [6, 6.07) is 0. The Morgan fingerprint density at radius 1 is 0.552 bits per heavy atom. The Kier molecular flexibility index (Phi) is 35.5. The molecule has 0 radical (unpaired) electrons. The number of rotatable bonds is 37. The molecule has 0 aliphatic carbocycles. The molecule has 0 spiro atoms. The standard InChI is InChI=1S/C48H82O10/c1-3-5-7-9-11-13-15-17-19-21-23-25-27-29-31-33-35-37-44(51)57-41(40-56-48-47(54)46(53)45(52)42(38-49)58-48)39-55-43(50)36-34-32-30-28-26-24-22-20-18-16-14-12-10-8-6-4-2/h5,7,11,13,17,19,23,25,29,31,41-42,45-49,52-54H,3-4,6,8-10,12,14-16,18,20-22,24,26-28,30,32-40H2,1-2H3/b7-5+,13-11+,19-17+,25-23+,31-29+/t41-,42-,45+,46?,47?,48-/m0/s1. The fourth-order valence-electron chi connectivity index (χ4n) is 6.58. The van der Waals surface area contributed by atoms with Crippen molar-refractivity contribution in [2.75, 3.05) is 19.8 Å². The van der Waals surface area contributed by atoms with Crippen LogP contribution in [0.3, 0.4) is 0 Å². The van der Waals surface area contributed by atoms with E-state index < -0.39 is 55.4 Å². The van der Waals surface area contributed by atoms with E-state index in [4.69, 9.17) is 18.9 Å². The summed E-state index contributed by atoms with van der Waals surface area (Å²) in [5.74, 6) is -0.874. The SMILES string of the molecule is CC/C=C/C/C=C/C/C=C/C/C=C/C/C=C/CCCC(=O)O[C@@H](COC(=O)CCCCCCCCCCCCCCCCCC)CO[C@H]1O[C@@H](CO)[C@@H](O)C(O)C1O. The third-order valence-electron chi connectivity index (χ3n) is 10.2. The summed E-state index contributed by atoms with van der Waals surface area (Å²) in [5.41, 5.74) is 0. The summed E-state index contributed by atoms with van der Waals surface area (Å²) in [4.78, 5) is 25.3. The molecule has 10 nitrogen and oxygen atoms in total. The highest BCUT2D eigenvalue weighted by Crippen LogP contribution is 2.22. The van der Waals surface area contributed by atoms with Gasteiger partial charge in [0, 0.05) is 12.8 Å². The molecule has 1 rings (SSSR count). The molecular weight excluding hydrogens is 737 g/mol. The number of hydrogen-bond acceptors (Lipinski definition) is 10. The lowest BCUT2D eigenvalue weighted by Gasteiger charge is -2.39. The van der Waals surface area contributed by atoms with E-state index in [-0.39, 0.29) is 26.1 Å². The van der Waals surface area contributed by atoms with Crippen molar-refractivity contribution in [3.05, 3.63) is 60.8 Å². The van der Waals surface area contributed by atoms with Gasteiger partial charge >= 0.3 is 11.9 Å². The Hall–Kier alpha value is -2.60. The van der Waals surface area contributed by atoms with Crippen molar-refractivity contribution in [1.82, 2.24) is 0 Å². The van der Waals surface area contributed by atoms with E-state index in [9.17, 15) is 30.0 Å². The Bertz CT molecular complexity index is 1130. The minimum Gasteiger partial charge on any atom is -0.462 e. The van der Waals surface area contributed by atoms with Crippen LogP contribution in [0, 0.1) is 0 Å². The predicted octanol–water partition coefficient (Wildman–Crippen LogP) is 9.83. The monoisotopic (exact) mass is 819 g/mol. The third-order valence-corrected chi connectivity index (χ3v) is 10.2. The molecule has 0 saturated carbocycles. The zero-order valence-electron chi connectivity index (χ0n) is 36.3. The zero-order valence-corrected chi connectivity index (χ0v) is 36.3. The van der Waals surface area contributed by atoms with Gasteiger partial charge in [-0.3, -0.25) is 9.59 Å². The first-order valence-electron chi connectivity index (χ1n) is 22.9. The van der Waals surface area contributed by atoms with Crippen molar-refractivity contribution < 1.29 is 49.0 Å². The van der Waals surface area contributed by atoms with Gasteiger partial charge in [0.2, 0.25) is 0 Å². The molecule has 1 aliphatic heterocycles. The highest BCUT2D eigenvalue weighted by atomic mass is 16.7. The molecule has 1 aliphatic rings. The van der Waals surface area contributed by atoms with Crippen LogP contribution in [0.5, 0.6) is 0 Å². The van der Waals surface area contributed by atoms with Crippen LogP contribution in [0.4, 0.5) is 0 Å². The van der Waals surface area contributed by atoms with Crippen molar-refractivity contribution in [3.8, 4) is 0 Å². The van der Waals surface area contributed by atoms with Crippen LogP contribution < -0.4 is 0 Å². The molecule has 0 aromatic heterocycles. The number of carbonyl (C=O) groups excluding carboxylic acids is 2. The number of aliphatic hydroxyl groups excluding tert-OH is 4. The molecule has 0 bridgehead atoms. The molecule has 0 aromatic rings. The minimum absolute atomic E-state index is 0.151. The minimum atomic E-state index is -1.61. The van der Waals surface area contributed by atoms with Crippen molar-refractivity contribution in [2.24, 2.45) is 0 Å². The molecule has 2 unspecified atom stereocenters. The normalized spacial score (nSPS) is 20.7. The molecule has 1 saturated heterocycles. The predicted molar refractivity (Wildman–Crippen MR) is 233 cm³/mol. The fourth-order valence-corrected chi connectivity index (χ4v) is 6.58. The summed E-state index contributed by atoms with van der Waals surface area (Å²) < 4.78 is 22.1. The Balaban J connectivity index is 2.37. The van der Waals surface area contributed by atoms with Gasteiger partial charge in [-0.05, 0) is 51.4 Å². The van der Waals surface area contributed by atoms with Gasteiger partial charge in [0.1, 0.15) is 31.0 Å². The number of allylic oxidation sites excluding steroid dienone is 10. The Morgan fingerprint density at radius 2 is 1.02 bits per heavy atom. The number of esters is 2. The second-order valence-electron chi connectivity index (χ2n) is 15.5. The van der Waals surface area contributed by atoms with Gasteiger partial charge in [0.15, 0.2) is 12.4 Å². The quantitative estimate of drug-likeness (QED) is 0.0271. The summed E-state index contributed by atoms with van der Waals surface area (Å²) in [6.45, 7) is 3.25. The van der Waals surface area contributed by atoms with E-state index in [1.807, 2.05) is 6.08 Å². The van der Waals surface area contributed by atoms with E-state index in [0.29, 0.717) is 12.8 Å². The average molecular weight is 819 g/mol. The first kappa shape index (κ1) is 53.4. The highest BCUT2D eigenvalue weighted by Gasteiger charge is 2.44. The number of aliphatic hydroxyl groups is 4. The average Bonchev–Trinajstić information content (AvgIpc) is 3.22. The molecular formula is C48H82O10. The summed E-state index contributed by atoms with van der Waals surface area (Å²) >= 11 is 0. The van der Waals surface area contributed by atoms with E-state index >= 15 is 0 Å². The molecule has 334 valence electrons. The maximum atomic E-state index is 12.8. The van der Waals surface area contributed by atoms with Crippen LogP contribution in [0.15, 0.2) is 60.8 Å². The zero-order chi connectivity index (χ0) is 42.3. The van der Waals surface area contributed by atoms with Gasteiger partial charge in [-0.1, -0.05) is 171 Å². The van der Waals surface area contributed by atoms with E-state index in [0.717, 1.165) is 51.4 Å². The Labute approximate surface area is 351 Å². The topological polar surface area (TPSA) is 152 Å². The van der Waals surface area contributed by atoms with Gasteiger partial charge in [0.05, 0.1) is 13.2 Å². The van der Waals surface area contributed by atoms with Crippen LogP contribution in [0.25, 0.3) is 0 Å². The van der Waals surface area contributed by atoms with Crippen LogP contribution >= 0.6 is 0 Å². The van der Waals surface area contributed by atoms with Crippen molar-refractivity contribution >= 4 is 11.9 Å². The first-order valence-corrected chi connectivity index (χ1v) is 22.9. The lowest BCUT2D eigenvalue weighted by Crippen LogP contribution is -2.59. The largest absolute Gasteiger partial charge is 0.462 e. The van der Waals surface area contributed by atoms with Gasteiger partial charge in [-0.2, -0.15) is 0 Å². The van der Waals surface area contributed by atoms with Crippen LogP contribution in [0.1, 0.15) is 174 Å². The molecule has 0 aromatic carbocycles. The highest BCUT2D eigenvalue weighted by molar-refractivity contribution is 5.70. The van der Waals surface area contributed by atoms with Crippen LogP contribution in [-0.4, -0.2) is 89.0 Å². The molecule has 4 N–H and O–H groups in total. The van der Waals surface area contributed by atoms with E-state index in [1.165, 1.54) is 83.5 Å². The number of hydrogen-bond donors (Lipinski definition) is 4. The van der Waals surface area contributed by atoms with E-state index in [2.05, 4.69) is 68.5 Å². The molecule has 1 fully saturated rings. The number of ether oxygens (including phenoxy) is 4. The van der Waals surface area contributed by atoms with Crippen LogP contribution in [0.2, 0.25) is 0 Å². The van der Waals surface area contributed by atoms with Crippen molar-refractivity contribution in [2.45, 2.75) is 211 Å². The van der Waals surface area contributed by atoms with Crippen molar-refractivity contribution in [1.29, 1.82) is 0 Å². The molecule has 10 heteroatoms. The maximum absolute atomic E-state index is 12.8. The number of carbonyl (C=O) groups is 2. The molecule has 58 heavy (non-hydrogen) atoms. The van der Waals surface area contributed by atoms with Crippen molar-refractivity contribution in [3.63, 3.8) is 0 Å². The second-order valence-corrected chi connectivity index (χ2v) is 15.5. The summed E-state index contributed by atoms with van der Waals surface area (Å²) in [7, 11) is 0. The van der Waals surface area contributed by atoms with Gasteiger partial charge in [0.25, 0.3) is 0 Å². The summed E-state index contributed by atoms with van der Waals surface area (Å²) in [5, 5.41) is 40.1. The smallest absolute Gasteiger partial charge is 0.306 e. The lowest BCUT2D eigenvalue weighted by atomic mass is 9.99. The number of unbranched alkanes of at least 4 members (excludes halogenated alkanes) is 16. The molecule has 1 heterocycles. The Morgan fingerprint density at radius 3 is 1.52 bits per heavy atom. The summed E-state index contributed by atoms with van der Waals surface area (Å²) in [6.07, 6.45) is 39.5. The fraction of sp³-hybridized carbons (Fsp3) is 0.750. The molecule has 6 atom stereocenters.